The SMILES string of the molecule is Nc1nc2c(ncn2[C@@H]2O[C@@H]3COP(O)(=S)OC4C(F)[C@H](n5nnc6c(N)ccnc65)O[C@@H]4COP(O)(=S)OC2C3)c(=O)[nH]1. The van der Waals surface area contributed by atoms with E-state index in [1.165, 1.54) is 23.2 Å². The summed E-state index contributed by atoms with van der Waals surface area (Å²) >= 11 is 10.5. The molecule has 7 heterocycles. The summed E-state index contributed by atoms with van der Waals surface area (Å²) in [5.74, 6) is -0.163. The summed E-state index contributed by atoms with van der Waals surface area (Å²) in [4.78, 5) is 49.0. The van der Waals surface area contributed by atoms with Crippen molar-refractivity contribution in [3.63, 3.8) is 0 Å². The average Bonchev–Trinajstić information content (AvgIpc) is 3.72. The van der Waals surface area contributed by atoms with E-state index in [1.54, 1.807) is 0 Å². The van der Waals surface area contributed by atoms with Crippen molar-refractivity contribution in [2.75, 3.05) is 24.7 Å². The average molecular weight is 693 g/mol. The Bertz CT molecular complexity index is 1910. The molecule has 0 saturated carbocycles. The highest BCUT2D eigenvalue weighted by Gasteiger charge is 2.52. The number of aromatic nitrogens is 8. The number of fused-ring (bicyclic) bond motifs is 5. The molecule has 0 aliphatic carbocycles. The number of anilines is 2. The number of pyridine rings is 1. The van der Waals surface area contributed by atoms with Crippen molar-refractivity contribution in [3.8, 4) is 0 Å². The van der Waals surface area contributed by atoms with E-state index in [4.69, 9.17) is 62.6 Å². The van der Waals surface area contributed by atoms with Gasteiger partial charge in [0.25, 0.3) is 5.56 Å². The van der Waals surface area contributed by atoms with Crippen LogP contribution in [0.15, 0.2) is 23.4 Å². The van der Waals surface area contributed by atoms with Crippen molar-refractivity contribution < 1.29 is 41.7 Å². The molecular formula is C20H23FN10O9P2S2. The van der Waals surface area contributed by atoms with Crippen LogP contribution >= 0.6 is 13.4 Å². The maximum Gasteiger partial charge on any atom is 0.325 e. The number of imidazole rings is 1. The van der Waals surface area contributed by atoms with Crippen molar-refractivity contribution in [2.24, 2.45) is 0 Å². The Balaban J connectivity index is 1.19. The zero-order valence-electron chi connectivity index (χ0n) is 22.0. The molecule has 3 aliphatic rings. The molecule has 5 unspecified atom stereocenters. The summed E-state index contributed by atoms with van der Waals surface area (Å²) in [5, 5.41) is 7.88. The van der Waals surface area contributed by atoms with Crippen LogP contribution in [0.3, 0.4) is 0 Å². The number of nitrogens with one attached hydrogen (secondary N) is 1. The first-order valence-corrected chi connectivity index (χ1v) is 18.0. The smallest absolute Gasteiger partial charge is 0.325 e. The lowest BCUT2D eigenvalue weighted by atomic mass is 10.1. The number of rotatable bonds is 2. The van der Waals surface area contributed by atoms with E-state index in [9.17, 15) is 14.6 Å². The van der Waals surface area contributed by atoms with E-state index in [1.807, 2.05) is 0 Å². The van der Waals surface area contributed by atoms with Gasteiger partial charge in [-0.15, -0.1) is 5.10 Å². The molecule has 44 heavy (non-hydrogen) atoms. The number of aromatic amines is 1. The Morgan fingerprint density at radius 3 is 2.61 bits per heavy atom. The molecule has 7 rings (SSSR count). The predicted molar refractivity (Wildman–Crippen MR) is 154 cm³/mol. The lowest BCUT2D eigenvalue weighted by Gasteiger charge is -2.27. The Labute approximate surface area is 255 Å². The molecule has 19 nitrogen and oxygen atoms in total. The third kappa shape index (κ3) is 5.44. The van der Waals surface area contributed by atoms with Gasteiger partial charge >= 0.3 is 13.4 Å². The van der Waals surface area contributed by atoms with Crippen LogP contribution in [0.2, 0.25) is 0 Å². The number of nitrogens with zero attached hydrogens (tertiary/aromatic N) is 7. The second kappa shape index (κ2) is 11.0. The number of ether oxygens (including phenoxy) is 2. The van der Waals surface area contributed by atoms with Gasteiger partial charge in [0.05, 0.1) is 31.3 Å². The molecule has 0 radical (unpaired) electrons. The number of H-pyrrole nitrogens is 1. The zero-order valence-corrected chi connectivity index (χ0v) is 25.4. The van der Waals surface area contributed by atoms with E-state index in [0.29, 0.717) is 0 Å². The van der Waals surface area contributed by atoms with E-state index in [0.717, 1.165) is 4.68 Å². The van der Waals surface area contributed by atoms with Gasteiger partial charge in [-0.2, -0.15) is 9.67 Å². The minimum absolute atomic E-state index is 0.0209. The standard InChI is InChI=1S/C20H23FN10O9P2S2/c21-11-14-10(38-19(11)31-15-12(28-29-31)8(22)1-2-24-15)5-36-41(33,43)39-9-3-7(4-35-42(34,44)40-14)37-18(9)30-6-25-13-16(30)26-20(23)27-17(13)32/h1-2,6-7,9-11,14,18-19H,3-5H2,(H2,22,24)(H,33,43)(H,34,44)(H3,23,26,27,32)/t7-,9?,10+,11?,14?,18+,19+,41?,42?/m0/s1. The largest absolute Gasteiger partial charge is 0.397 e. The maximum atomic E-state index is 16.0. The number of nitrogen functional groups attached to an aromatic ring is 2. The van der Waals surface area contributed by atoms with Crippen molar-refractivity contribution >= 4 is 71.0 Å². The van der Waals surface area contributed by atoms with E-state index in [2.05, 4.69) is 30.2 Å². The number of halogens is 1. The first-order chi connectivity index (χ1) is 20.9. The number of nitrogens with two attached hydrogens (primary N) is 2. The van der Waals surface area contributed by atoms with Crippen molar-refractivity contribution in [1.82, 2.24) is 39.5 Å². The molecule has 0 spiro atoms. The highest BCUT2D eigenvalue weighted by atomic mass is 32.5. The van der Waals surface area contributed by atoms with Crippen LogP contribution in [0, 0.1) is 0 Å². The molecule has 3 saturated heterocycles. The molecule has 0 aromatic carbocycles. The van der Waals surface area contributed by atoms with Gasteiger partial charge in [0.1, 0.15) is 18.3 Å². The Kier molecular flexibility index (Phi) is 7.55. The van der Waals surface area contributed by atoms with E-state index < -0.39 is 68.6 Å². The van der Waals surface area contributed by atoms with Gasteiger partial charge in [-0.1, -0.05) is 5.21 Å². The normalized spacial score (nSPS) is 36.6. The van der Waals surface area contributed by atoms with Gasteiger partial charge in [0.2, 0.25) is 5.95 Å². The Hall–Kier alpha value is -2.59. The van der Waals surface area contributed by atoms with Crippen LogP contribution in [0.1, 0.15) is 18.9 Å². The fourth-order valence-electron chi connectivity index (χ4n) is 5.21. The van der Waals surface area contributed by atoms with Gasteiger partial charge in [-0.25, -0.2) is 14.4 Å². The Morgan fingerprint density at radius 1 is 1.02 bits per heavy atom. The number of hydrogen-bond acceptors (Lipinski definition) is 16. The molecule has 24 heteroatoms. The molecular weight excluding hydrogens is 669 g/mol. The van der Waals surface area contributed by atoms with Crippen LogP contribution < -0.4 is 17.0 Å². The number of hydrogen-bond donors (Lipinski definition) is 5. The first kappa shape index (κ1) is 30.1. The second-order valence-corrected chi connectivity index (χ2v) is 15.6. The molecule has 236 valence electrons. The third-order valence-electron chi connectivity index (χ3n) is 7.12. The molecule has 3 fully saturated rings. The first-order valence-electron chi connectivity index (χ1n) is 12.8. The Morgan fingerprint density at radius 2 is 1.80 bits per heavy atom. The summed E-state index contributed by atoms with van der Waals surface area (Å²) in [6, 6.07) is 1.51. The minimum atomic E-state index is -4.13. The molecule has 9 atom stereocenters. The van der Waals surface area contributed by atoms with E-state index in [-0.39, 0.29) is 47.0 Å². The van der Waals surface area contributed by atoms with Gasteiger partial charge in [-0.05, 0) is 29.7 Å². The highest BCUT2D eigenvalue weighted by Crippen LogP contribution is 2.54. The fourth-order valence-corrected chi connectivity index (χ4v) is 8.11. The van der Waals surface area contributed by atoms with Gasteiger partial charge < -0.3 is 44.3 Å². The van der Waals surface area contributed by atoms with Crippen LogP contribution in [-0.2, 0) is 51.2 Å². The molecule has 4 aromatic heterocycles. The molecule has 2 bridgehead atoms. The molecule has 3 aliphatic heterocycles. The summed E-state index contributed by atoms with van der Waals surface area (Å²) in [7, 11) is 0. The summed E-state index contributed by atoms with van der Waals surface area (Å²) in [6.45, 7) is -9.08. The summed E-state index contributed by atoms with van der Waals surface area (Å²) in [5.41, 5.74) is 11.7. The molecule has 4 aromatic rings. The van der Waals surface area contributed by atoms with Gasteiger partial charge in [0.15, 0.2) is 41.0 Å². The fraction of sp³-hybridized carbons (Fsp3) is 0.500. The topological polar surface area (TPSA) is 255 Å². The number of alkyl halides is 1. The van der Waals surface area contributed by atoms with Crippen LogP contribution in [0.25, 0.3) is 22.3 Å². The molecule has 0 amide bonds. The zero-order chi connectivity index (χ0) is 31.0. The van der Waals surface area contributed by atoms with Crippen molar-refractivity contribution in [2.45, 2.75) is 49.5 Å². The lowest BCUT2D eigenvalue weighted by Crippen LogP contribution is -2.34. The molecule has 7 N–H and O–H groups in total. The van der Waals surface area contributed by atoms with E-state index >= 15 is 4.39 Å². The monoisotopic (exact) mass is 692 g/mol. The lowest BCUT2D eigenvalue weighted by molar-refractivity contribution is -0.0616. The summed E-state index contributed by atoms with van der Waals surface area (Å²) in [6.07, 6.45) is -6.39. The highest BCUT2D eigenvalue weighted by molar-refractivity contribution is 8.07. The van der Waals surface area contributed by atoms with Crippen LogP contribution in [0.5, 0.6) is 0 Å². The van der Waals surface area contributed by atoms with Crippen molar-refractivity contribution in [1.29, 1.82) is 0 Å². The third-order valence-corrected chi connectivity index (χ3v) is 10.3. The van der Waals surface area contributed by atoms with Gasteiger partial charge in [-0.3, -0.25) is 18.9 Å². The maximum absolute atomic E-state index is 16.0. The summed E-state index contributed by atoms with van der Waals surface area (Å²) < 4.78 is 53.0. The quantitative estimate of drug-likeness (QED) is 0.172. The van der Waals surface area contributed by atoms with Crippen molar-refractivity contribution in [3.05, 3.63) is 28.9 Å². The predicted octanol–water partition coefficient (Wildman–Crippen LogP) is -0.102. The van der Waals surface area contributed by atoms with Gasteiger partial charge in [0, 0.05) is 12.6 Å². The van der Waals surface area contributed by atoms with Crippen LogP contribution in [0.4, 0.5) is 16.0 Å². The minimum Gasteiger partial charge on any atom is -0.397 e. The van der Waals surface area contributed by atoms with Crippen LogP contribution in [-0.4, -0.2) is 93.1 Å². The second-order valence-electron chi connectivity index (χ2n) is 10.0.